The standard InChI is InChI=1S/C18H22N2O4S/c1-2-3-13-25(22,23)19-14-18(21)20-15-9-11-17(12-10-15)24-16-7-5-4-6-8-16/h4-12,19H,2-3,13-14H2,1H3,(H,20,21). The Hall–Kier alpha value is -2.38. The molecule has 7 heteroatoms. The van der Waals surface area contributed by atoms with E-state index in [0.29, 0.717) is 17.9 Å². The van der Waals surface area contributed by atoms with Crippen LogP contribution in [0.2, 0.25) is 0 Å². The van der Waals surface area contributed by atoms with Crippen LogP contribution in [0.1, 0.15) is 19.8 Å². The van der Waals surface area contributed by atoms with E-state index in [1.165, 1.54) is 0 Å². The highest BCUT2D eigenvalue weighted by Crippen LogP contribution is 2.22. The highest BCUT2D eigenvalue weighted by atomic mass is 32.2. The number of carbonyl (C=O) groups excluding carboxylic acids is 1. The first-order chi connectivity index (χ1) is 12.0. The molecule has 2 aromatic carbocycles. The Morgan fingerprint density at radius 1 is 1.00 bits per heavy atom. The number of sulfonamides is 1. The predicted molar refractivity (Wildman–Crippen MR) is 98.3 cm³/mol. The van der Waals surface area contributed by atoms with Crippen molar-refractivity contribution in [3.05, 3.63) is 54.6 Å². The molecule has 2 rings (SSSR count). The second-order valence-corrected chi connectivity index (χ2v) is 7.41. The molecule has 0 heterocycles. The number of unbranched alkanes of at least 4 members (excludes halogenated alkanes) is 1. The Morgan fingerprint density at radius 3 is 2.28 bits per heavy atom. The molecule has 1 amide bonds. The lowest BCUT2D eigenvalue weighted by atomic mass is 10.3. The van der Waals surface area contributed by atoms with Crippen molar-refractivity contribution in [2.75, 3.05) is 17.6 Å². The topological polar surface area (TPSA) is 84.5 Å². The van der Waals surface area contributed by atoms with Crippen LogP contribution in [-0.2, 0) is 14.8 Å². The Bertz CT molecular complexity index is 774. The van der Waals surface area contributed by atoms with E-state index in [-0.39, 0.29) is 12.3 Å². The van der Waals surface area contributed by atoms with Crippen molar-refractivity contribution in [2.45, 2.75) is 19.8 Å². The number of nitrogens with one attached hydrogen (secondary N) is 2. The van der Waals surface area contributed by atoms with Crippen molar-refractivity contribution in [1.82, 2.24) is 4.72 Å². The molecule has 0 fully saturated rings. The third kappa shape index (κ3) is 6.94. The van der Waals surface area contributed by atoms with E-state index in [4.69, 9.17) is 4.74 Å². The summed E-state index contributed by atoms with van der Waals surface area (Å²) >= 11 is 0. The van der Waals surface area contributed by atoms with Crippen LogP contribution in [0.15, 0.2) is 54.6 Å². The molecule has 6 nitrogen and oxygen atoms in total. The summed E-state index contributed by atoms with van der Waals surface area (Å²) in [5.41, 5.74) is 0.568. The maximum absolute atomic E-state index is 11.8. The van der Waals surface area contributed by atoms with Crippen molar-refractivity contribution in [1.29, 1.82) is 0 Å². The molecule has 0 atom stereocenters. The van der Waals surface area contributed by atoms with Gasteiger partial charge in [0.2, 0.25) is 15.9 Å². The van der Waals surface area contributed by atoms with Crippen LogP contribution >= 0.6 is 0 Å². The van der Waals surface area contributed by atoms with Gasteiger partial charge in [0.1, 0.15) is 11.5 Å². The lowest BCUT2D eigenvalue weighted by molar-refractivity contribution is -0.115. The van der Waals surface area contributed by atoms with Crippen molar-refractivity contribution in [3.8, 4) is 11.5 Å². The van der Waals surface area contributed by atoms with Gasteiger partial charge in [0.05, 0.1) is 12.3 Å². The minimum Gasteiger partial charge on any atom is -0.457 e. The van der Waals surface area contributed by atoms with E-state index in [2.05, 4.69) is 10.0 Å². The average molecular weight is 362 g/mol. The molecule has 0 bridgehead atoms. The van der Waals surface area contributed by atoms with Crippen molar-refractivity contribution >= 4 is 21.6 Å². The normalized spacial score (nSPS) is 11.1. The zero-order chi connectivity index (χ0) is 18.1. The van der Waals surface area contributed by atoms with E-state index < -0.39 is 15.9 Å². The maximum Gasteiger partial charge on any atom is 0.239 e. The van der Waals surface area contributed by atoms with Crippen LogP contribution in [0, 0.1) is 0 Å². The predicted octanol–water partition coefficient (Wildman–Crippen LogP) is 3.14. The molecule has 0 radical (unpaired) electrons. The van der Waals surface area contributed by atoms with Crippen LogP contribution in [0.25, 0.3) is 0 Å². The van der Waals surface area contributed by atoms with Gasteiger partial charge in [-0.1, -0.05) is 31.5 Å². The Morgan fingerprint density at radius 2 is 1.64 bits per heavy atom. The fourth-order valence-corrected chi connectivity index (χ4v) is 3.18. The third-order valence-corrected chi connectivity index (χ3v) is 4.75. The summed E-state index contributed by atoms with van der Waals surface area (Å²) in [5, 5.41) is 2.64. The highest BCUT2D eigenvalue weighted by molar-refractivity contribution is 7.89. The van der Waals surface area contributed by atoms with Crippen molar-refractivity contribution < 1.29 is 17.9 Å². The molecule has 2 N–H and O–H groups in total. The van der Waals surface area contributed by atoms with Gasteiger partial charge in [-0.25, -0.2) is 13.1 Å². The van der Waals surface area contributed by atoms with Crippen LogP contribution in [-0.4, -0.2) is 26.6 Å². The first kappa shape index (κ1) is 19.0. The van der Waals surface area contributed by atoms with E-state index in [1.54, 1.807) is 24.3 Å². The Kier molecular flexibility index (Phi) is 6.97. The smallest absolute Gasteiger partial charge is 0.239 e. The number of ether oxygens (including phenoxy) is 1. The molecule has 0 aliphatic carbocycles. The summed E-state index contributed by atoms with van der Waals surface area (Å²) in [7, 11) is -3.40. The molecule has 134 valence electrons. The van der Waals surface area contributed by atoms with Crippen LogP contribution in [0.4, 0.5) is 5.69 Å². The molecule has 0 aromatic heterocycles. The molecule has 25 heavy (non-hydrogen) atoms. The Balaban J connectivity index is 1.83. The van der Waals surface area contributed by atoms with Crippen LogP contribution < -0.4 is 14.8 Å². The van der Waals surface area contributed by atoms with Gasteiger partial charge in [0.25, 0.3) is 0 Å². The molecular weight excluding hydrogens is 340 g/mol. The van der Waals surface area contributed by atoms with Gasteiger partial charge in [-0.3, -0.25) is 4.79 Å². The van der Waals surface area contributed by atoms with Crippen molar-refractivity contribution in [2.24, 2.45) is 0 Å². The number of anilines is 1. The summed E-state index contributed by atoms with van der Waals surface area (Å²) in [4.78, 5) is 11.8. The van der Waals surface area contributed by atoms with Gasteiger partial charge in [-0.15, -0.1) is 0 Å². The summed E-state index contributed by atoms with van der Waals surface area (Å²) in [5.74, 6) is 0.976. The fourth-order valence-electron chi connectivity index (χ4n) is 2.02. The average Bonchev–Trinajstić information content (AvgIpc) is 2.61. The van der Waals surface area contributed by atoms with E-state index in [0.717, 1.165) is 12.2 Å². The van der Waals surface area contributed by atoms with E-state index >= 15 is 0 Å². The summed E-state index contributed by atoms with van der Waals surface area (Å²) in [6.07, 6.45) is 1.35. The minimum atomic E-state index is -3.40. The van der Waals surface area contributed by atoms with Crippen LogP contribution in [0.5, 0.6) is 11.5 Å². The number of para-hydroxylation sites is 1. The van der Waals surface area contributed by atoms with Gasteiger partial charge < -0.3 is 10.1 Å². The number of amides is 1. The Labute approximate surface area is 148 Å². The fraction of sp³-hybridized carbons (Fsp3) is 0.278. The summed E-state index contributed by atoms with van der Waals surface area (Å²) in [6, 6.07) is 16.2. The molecule has 0 aliphatic rings. The largest absolute Gasteiger partial charge is 0.457 e. The van der Waals surface area contributed by atoms with Gasteiger partial charge in [-0.05, 0) is 42.8 Å². The first-order valence-corrected chi connectivity index (χ1v) is 9.74. The van der Waals surface area contributed by atoms with Gasteiger partial charge >= 0.3 is 0 Å². The highest BCUT2D eigenvalue weighted by Gasteiger charge is 2.11. The molecule has 0 saturated carbocycles. The molecular formula is C18H22N2O4S. The quantitative estimate of drug-likeness (QED) is 0.718. The first-order valence-electron chi connectivity index (χ1n) is 8.08. The number of hydrogen-bond acceptors (Lipinski definition) is 4. The van der Waals surface area contributed by atoms with E-state index in [1.807, 2.05) is 37.3 Å². The van der Waals surface area contributed by atoms with Crippen LogP contribution in [0.3, 0.4) is 0 Å². The maximum atomic E-state index is 11.8. The second-order valence-electron chi connectivity index (χ2n) is 5.48. The molecule has 0 unspecified atom stereocenters. The summed E-state index contributed by atoms with van der Waals surface area (Å²) in [6.45, 7) is 1.63. The van der Waals surface area contributed by atoms with E-state index in [9.17, 15) is 13.2 Å². The van der Waals surface area contributed by atoms with Gasteiger partial charge in [0, 0.05) is 5.69 Å². The lowest BCUT2D eigenvalue weighted by Gasteiger charge is -2.09. The zero-order valence-corrected chi connectivity index (χ0v) is 14.9. The molecule has 2 aromatic rings. The lowest BCUT2D eigenvalue weighted by Crippen LogP contribution is -2.34. The number of carbonyl (C=O) groups is 1. The van der Waals surface area contributed by atoms with Gasteiger partial charge in [0.15, 0.2) is 0 Å². The monoisotopic (exact) mass is 362 g/mol. The minimum absolute atomic E-state index is 0.0301. The number of hydrogen-bond donors (Lipinski definition) is 2. The van der Waals surface area contributed by atoms with Crippen molar-refractivity contribution in [3.63, 3.8) is 0 Å². The SMILES string of the molecule is CCCCS(=O)(=O)NCC(=O)Nc1ccc(Oc2ccccc2)cc1. The summed E-state index contributed by atoms with van der Waals surface area (Å²) < 4.78 is 31.3. The molecule has 0 spiro atoms. The molecule has 0 aliphatic heterocycles. The zero-order valence-electron chi connectivity index (χ0n) is 14.1. The van der Waals surface area contributed by atoms with Gasteiger partial charge in [-0.2, -0.15) is 0 Å². The number of rotatable bonds is 9. The molecule has 0 saturated heterocycles. The second kappa shape index (κ2) is 9.19. The number of benzene rings is 2. The third-order valence-electron chi connectivity index (χ3n) is 3.34.